The molecule has 28 heavy (non-hydrogen) atoms. The van der Waals surface area contributed by atoms with Crippen molar-refractivity contribution in [3.05, 3.63) is 39.7 Å². The lowest BCUT2D eigenvalue weighted by Crippen LogP contribution is -2.48. The Labute approximate surface area is 176 Å². The first-order chi connectivity index (χ1) is 13.4. The predicted octanol–water partition coefficient (Wildman–Crippen LogP) is 4.67. The Hall–Kier alpha value is -2.09. The van der Waals surface area contributed by atoms with E-state index < -0.39 is 11.4 Å². The summed E-state index contributed by atoms with van der Waals surface area (Å²) in [5.41, 5.74) is 6.47. The molecule has 1 saturated carbocycles. The minimum Gasteiger partial charge on any atom is -0.368 e. The van der Waals surface area contributed by atoms with Crippen molar-refractivity contribution in [1.82, 2.24) is 19.5 Å². The Balaban J connectivity index is 1.93. The third kappa shape index (κ3) is 3.17. The van der Waals surface area contributed by atoms with E-state index in [-0.39, 0.29) is 0 Å². The van der Waals surface area contributed by atoms with Gasteiger partial charge in [0.1, 0.15) is 17.4 Å². The summed E-state index contributed by atoms with van der Waals surface area (Å²) in [7, 11) is 0. The maximum absolute atomic E-state index is 12.6. The molecule has 0 saturated heterocycles. The van der Waals surface area contributed by atoms with Crippen molar-refractivity contribution in [2.45, 2.75) is 37.6 Å². The minimum atomic E-state index is -0.935. The zero-order valence-corrected chi connectivity index (χ0v) is 17.0. The molecule has 2 aromatic heterocycles. The summed E-state index contributed by atoms with van der Waals surface area (Å²) in [6, 6.07) is 3.16. The Morgan fingerprint density at radius 2 is 1.82 bits per heavy atom. The second-order valence-electron chi connectivity index (χ2n) is 6.83. The van der Waals surface area contributed by atoms with Crippen LogP contribution in [-0.4, -0.2) is 25.4 Å². The molecule has 3 N–H and O–H groups in total. The third-order valence-electron chi connectivity index (χ3n) is 5.13. The monoisotopic (exact) mass is 438 g/mol. The molecule has 1 aliphatic carbocycles. The van der Waals surface area contributed by atoms with E-state index in [2.05, 4.69) is 20.3 Å². The molecule has 1 aromatic carbocycles. The van der Waals surface area contributed by atoms with E-state index in [4.69, 9.17) is 40.5 Å². The first-order valence-corrected chi connectivity index (χ1v) is 9.96. The summed E-state index contributed by atoms with van der Waals surface area (Å²) in [6.07, 6.45) is 7.04. The Kier molecular flexibility index (Phi) is 5.07. The van der Waals surface area contributed by atoms with Crippen LogP contribution in [0.25, 0.3) is 11.2 Å². The molecule has 1 amide bonds. The number of imidazole rings is 1. The second-order valence-corrected chi connectivity index (χ2v) is 8.08. The zero-order valence-electron chi connectivity index (χ0n) is 14.8. The molecule has 7 nitrogen and oxygen atoms in total. The molecule has 0 radical (unpaired) electrons. The van der Waals surface area contributed by atoms with E-state index in [1.54, 1.807) is 22.9 Å². The number of primary amides is 1. The molecule has 0 aliphatic heterocycles. The molecular formula is C18H17Cl3N6O. The highest BCUT2D eigenvalue weighted by molar-refractivity contribution is 6.41. The van der Waals surface area contributed by atoms with Crippen LogP contribution in [0.2, 0.25) is 15.1 Å². The van der Waals surface area contributed by atoms with Gasteiger partial charge in [-0.15, -0.1) is 0 Å². The maximum atomic E-state index is 12.6. The highest BCUT2D eigenvalue weighted by atomic mass is 35.5. The zero-order chi connectivity index (χ0) is 19.9. The summed E-state index contributed by atoms with van der Waals surface area (Å²) in [5, 5.41) is 4.24. The van der Waals surface area contributed by atoms with Gasteiger partial charge in [-0.05, 0) is 25.0 Å². The molecule has 0 bridgehead atoms. The Morgan fingerprint density at radius 1 is 1.14 bits per heavy atom. The number of rotatable bonds is 4. The first-order valence-electron chi connectivity index (χ1n) is 8.83. The molecule has 0 unspecified atom stereocenters. The predicted molar refractivity (Wildman–Crippen MR) is 110 cm³/mol. The van der Waals surface area contributed by atoms with Crippen molar-refractivity contribution in [3.63, 3.8) is 0 Å². The quantitative estimate of drug-likeness (QED) is 0.615. The standard InChI is InChI=1S/C18H17Cl3N6O/c19-10-6-11(20)14(12(21)7-10)26-17-25-13-8-23-9-24-15(13)27(17)18(16(22)28)4-2-1-3-5-18/h6-9H,1-5H2,(H2,22,28)(H,25,26). The van der Waals surface area contributed by atoms with Crippen LogP contribution < -0.4 is 11.1 Å². The van der Waals surface area contributed by atoms with Crippen molar-refractivity contribution in [2.24, 2.45) is 5.73 Å². The van der Waals surface area contributed by atoms with E-state index in [1.165, 1.54) is 6.33 Å². The number of halogens is 3. The van der Waals surface area contributed by atoms with Crippen LogP contribution >= 0.6 is 34.8 Å². The van der Waals surface area contributed by atoms with Crippen LogP contribution in [0.15, 0.2) is 24.7 Å². The lowest BCUT2D eigenvalue weighted by atomic mass is 9.80. The number of carbonyl (C=O) groups is 1. The summed E-state index contributed by atoms with van der Waals surface area (Å²) >= 11 is 18.7. The minimum absolute atomic E-state index is 0.332. The molecule has 0 spiro atoms. The van der Waals surface area contributed by atoms with Gasteiger partial charge in [0, 0.05) is 5.02 Å². The van der Waals surface area contributed by atoms with E-state index in [0.29, 0.717) is 50.7 Å². The Bertz CT molecular complexity index is 1040. The topological polar surface area (TPSA) is 98.7 Å². The Morgan fingerprint density at radius 3 is 2.46 bits per heavy atom. The molecule has 10 heteroatoms. The highest BCUT2D eigenvalue weighted by Gasteiger charge is 2.43. The number of carbonyl (C=O) groups excluding carboxylic acids is 1. The summed E-state index contributed by atoms with van der Waals surface area (Å²) in [5.74, 6) is -0.0382. The molecule has 3 aromatic rings. The fraction of sp³-hybridized carbons (Fsp3) is 0.333. The van der Waals surface area contributed by atoms with Crippen LogP contribution in [0.1, 0.15) is 32.1 Å². The molecule has 4 rings (SSSR count). The number of fused-ring (bicyclic) bond motifs is 1. The fourth-order valence-electron chi connectivity index (χ4n) is 3.81. The van der Waals surface area contributed by atoms with Gasteiger partial charge in [-0.2, -0.15) is 0 Å². The van der Waals surface area contributed by atoms with Gasteiger partial charge < -0.3 is 11.1 Å². The number of hydrogen-bond donors (Lipinski definition) is 2. The summed E-state index contributed by atoms with van der Waals surface area (Å²) in [6.45, 7) is 0. The van der Waals surface area contributed by atoms with Gasteiger partial charge in [0.15, 0.2) is 5.65 Å². The van der Waals surface area contributed by atoms with E-state index in [1.807, 2.05) is 0 Å². The van der Waals surface area contributed by atoms with Crippen LogP contribution in [0.4, 0.5) is 11.6 Å². The SMILES string of the molecule is NC(=O)C1(n2c(Nc3c(Cl)cc(Cl)cc3Cl)nc3cncnc32)CCCCC1. The number of nitrogens with zero attached hydrogens (tertiary/aromatic N) is 4. The normalized spacial score (nSPS) is 16.2. The summed E-state index contributed by atoms with van der Waals surface area (Å²) in [4.78, 5) is 25.6. The molecule has 1 fully saturated rings. The van der Waals surface area contributed by atoms with Gasteiger partial charge in [-0.25, -0.2) is 15.0 Å². The van der Waals surface area contributed by atoms with Gasteiger partial charge in [0.2, 0.25) is 11.9 Å². The lowest BCUT2D eigenvalue weighted by Gasteiger charge is -2.36. The number of nitrogens with two attached hydrogens (primary N) is 1. The third-order valence-corrected chi connectivity index (χ3v) is 5.95. The maximum Gasteiger partial charge on any atom is 0.243 e. The average molecular weight is 440 g/mol. The number of amides is 1. The smallest absolute Gasteiger partial charge is 0.243 e. The highest BCUT2D eigenvalue weighted by Crippen LogP contribution is 2.41. The van der Waals surface area contributed by atoms with Crippen LogP contribution in [-0.2, 0) is 10.3 Å². The van der Waals surface area contributed by atoms with Crippen molar-refractivity contribution in [1.29, 1.82) is 0 Å². The van der Waals surface area contributed by atoms with Gasteiger partial charge in [-0.3, -0.25) is 9.36 Å². The number of benzene rings is 1. The molecule has 146 valence electrons. The molecule has 2 heterocycles. The van der Waals surface area contributed by atoms with Crippen LogP contribution in [0.3, 0.4) is 0 Å². The molecular weight excluding hydrogens is 423 g/mol. The number of hydrogen-bond acceptors (Lipinski definition) is 5. The van der Waals surface area contributed by atoms with E-state index in [0.717, 1.165) is 19.3 Å². The van der Waals surface area contributed by atoms with E-state index in [9.17, 15) is 4.79 Å². The van der Waals surface area contributed by atoms with Crippen LogP contribution in [0.5, 0.6) is 0 Å². The van der Waals surface area contributed by atoms with Crippen molar-refractivity contribution >= 4 is 63.5 Å². The first kappa shape index (κ1) is 19.2. The largest absolute Gasteiger partial charge is 0.368 e. The second kappa shape index (κ2) is 7.39. The molecule has 0 atom stereocenters. The molecule has 1 aliphatic rings. The summed E-state index contributed by atoms with van der Waals surface area (Å²) < 4.78 is 1.77. The van der Waals surface area contributed by atoms with Crippen molar-refractivity contribution in [3.8, 4) is 0 Å². The lowest BCUT2D eigenvalue weighted by molar-refractivity contribution is -0.128. The number of nitrogens with one attached hydrogen (secondary N) is 1. The van der Waals surface area contributed by atoms with E-state index >= 15 is 0 Å². The van der Waals surface area contributed by atoms with Gasteiger partial charge in [-0.1, -0.05) is 54.1 Å². The van der Waals surface area contributed by atoms with Crippen molar-refractivity contribution < 1.29 is 4.79 Å². The average Bonchev–Trinajstić information content (AvgIpc) is 3.03. The van der Waals surface area contributed by atoms with Crippen LogP contribution in [0, 0.1) is 0 Å². The van der Waals surface area contributed by atoms with Gasteiger partial charge in [0.25, 0.3) is 0 Å². The van der Waals surface area contributed by atoms with Gasteiger partial charge in [0.05, 0.1) is 21.9 Å². The van der Waals surface area contributed by atoms with Gasteiger partial charge >= 0.3 is 0 Å². The van der Waals surface area contributed by atoms with Crippen molar-refractivity contribution in [2.75, 3.05) is 5.32 Å². The number of anilines is 2. The fourth-order valence-corrected chi connectivity index (χ4v) is 4.72. The number of aromatic nitrogens is 4.